The number of amides is 1. The maximum Gasteiger partial charge on any atom is 0.241 e. The average Bonchev–Trinajstić information content (AvgIpc) is 3.11. The topological polar surface area (TPSA) is 61.9 Å². The van der Waals surface area contributed by atoms with E-state index in [9.17, 15) is 18.4 Å². The van der Waals surface area contributed by atoms with E-state index < -0.39 is 17.4 Å². The summed E-state index contributed by atoms with van der Waals surface area (Å²) in [6.07, 6.45) is 0.939. The van der Waals surface area contributed by atoms with Crippen LogP contribution in [0.4, 0.5) is 20.2 Å². The highest BCUT2D eigenvalue weighted by atomic mass is 19.1. The Bertz CT molecular complexity index is 965. The fraction of sp³-hybridized carbons (Fsp3) is 0.364. The minimum atomic E-state index is -0.744. The zero-order valence-electron chi connectivity index (χ0n) is 16.7. The third-order valence-electron chi connectivity index (χ3n) is 5.61. The van der Waals surface area contributed by atoms with Crippen LogP contribution in [0, 0.1) is 11.6 Å². The lowest BCUT2D eigenvalue weighted by Crippen LogP contribution is -2.50. The van der Waals surface area contributed by atoms with Gasteiger partial charge in [0.05, 0.1) is 13.7 Å². The molecule has 158 valence electrons. The van der Waals surface area contributed by atoms with Gasteiger partial charge in [0.2, 0.25) is 5.91 Å². The van der Waals surface area contributed by atoms with E-state index in [0.717, 1.165) is 16.8 Å². The van der Waals surface area contributed by atoms with Crippen molar-refractivity contribution in [3.05, 3.63) is 53.1 Å². The highest BCUT2D eigenvalue weighted by Gasteiger charge is 2.23. The number of carbonyl (C=O) groups is 2. The second-order valence-electron chi connectivity index (χ2n) is 7.54. The molecule has 1 amide bonds. The highest BCUT2D eigenvalue weighted by Crippen LogP contribution is 2.28. The van der Waals surface area contributed by atoms with Crippen LogP contribution in [0.2, 0.25) is 0 Å². The summed E-state index contributed by atoms with van der Waals surface area (Å²) in [7, 11) is 1.22. The number of halogens is 2. The molecule has 30 heavy (non-hydrogen) atoms. The van der Waals surface area contributed by atoms with Gasteiger partial charge in [0.15, 0.2) is 17.4 Å². The molecule has 0 saturated carbocycles. The smallest absolute Gasteiger partial charge is 0.241 e. The molecule has 0 radical (unpaired) electrons. The first-order valence-corrected chi connectivity index (χ1v) is 9.87. The van der Waals surface area contributed by atoms with Gasteiger partial charge in [-0.05, 0) is 23.3 Å². The summed E-state index contributed by atoms with van der Waals surface area (Å²) < 4.78 is 32.6. The van der Waals surface area contributed by atoms with Crippen molar-refractivity contribution in [2.75, 3.05) is 50.1 Å². The van der Waals surface area contributed by atoms with Gasteiger partial charge in [0, 0.05) is 62.5 Å². The number of benzene rings is 2. The molecule has 1 N–H and O–H groups in total. The number of carbonyl (C=O) groups excluding carboxylic acids is 2. The predicted molar refractivity (Wildman–Crippen MR) is 109 cm³/mol. The lowest BCUT2D eigenvalue weighted by atomic mass is 10.1. The molecule has 0 atom stereocenters. The number of rotatable bonds is 5. The molecule has 2 aromatic rings. The molecular weight excluding hydrogens is 392 g/mol. The van der Waals surface area contributed by atoms with Gasteiger partial charge < -0.3 is 19.9 Å². The van der Waals surface area contributed by atoms with Crippen LogP contribution < -0.4 is 15.0 Å². The molecule has 4 rings (SSSR count). The molecule has 0 spiro atoms. The Hall–Kier alpha value is -3.16. The van der Waals surface area contributed by atoms with Crippen molar-refractivity contribution < 1.29 is 23.1 Å². The minimum absolute atomic E-state index is 0.0432. The second kappa shape index (κ2) is 8.30. The summed E-state index contributed by atoms with van der Waals surface area (Å²) >= 11 is 0. The molecule has 6 nitrogen and oxygen atoms in total. The van der Waals surface area contributed by atoms with Crippen LogP contribution >= 0.6 is 0 Å². The predicted octanol–water partition coefficient (Wildman–Crippen LogP) is 2.40. The molecule has 2 aliphatic rings. The maximum absolute atomic E-state index is 14.0. The van der Waals surface area contributed by atoms with Crippen LogP contribution in [-0.2, 0) is 22.4 Å². The van der Waals surface area contributed by atoms with Gasteiger partial charge in [-0.15, -0.1) is 0 Å². The second-order valence-corrected chi connectivity index (χ2v) is 7.54. The van der Waals surface area contributed by atoms with Crippen molar-refractivity contribution in [1.82, 2.24) is 4.90 Å². The summed E-state index contributed by atoms with van der Waals surface area (Å²) in [5, 5.41) is 3.13. The SMILES string of the molecule is COc1c(F)cc(N2CCN(C(=O)CNc3ccc4c(c3)CC(=O)C4)CC2)cc1F. The summed E-state index contributed by atoms with van der Waals surface area (Å²) in [6.45, 7) is 2.05. The summed E-state index contributed by atoms with van der Waals surface area (Å²) in [4.78, 5) is 27.7. The van der Waals surface area contributed by atoms with E-state index in [2.05, 4.69) is 5.32 Å². The van der Waals surface area contributed by atoms with E-state index in [-0.39, 0.29) is 18.2 Å². The van der Waals surface area contributed by atoms with Gasteiger partial charge in [-0.3, -0.25) is 9.59 Å². The minimum Gasteiger partial charge on any atom is -0.491 e. The summed E-state index contributed by atoms with van der Waals surface area (Å²) in [5.74, 6) is -1.71. The molecule has 1 aliphatic carbocycles. The van der Waals surface area contributed by atoms with Crippen LogP contribution in [0.3, 0.4) is 0 Å². The lowest BCUT2D eigenvalue weighted by Gasteiger charge is -2.36. The normalized spacial score (nSPS) is 15.9. The number of hydrogen-bond acceptors (Lipinski definition) is 5. The number of fused-ring (bicyclic) bond motifs is 1. The molecule has 8 heteroatoms. The Kier molecular flexibility index (Phi) is 5.57. The van der Waals surface area contributed by atoms with Crippen LogP contribution in [-0.4, -0.2) is 56.4 Å². The van der Waals surface area contributed by atoms with Crippen molar-refractivity contribution in [3.63, 3.8) is 0 Å². The van der Waals surface area contributed by atoms with E-state index in [1.807, 2.05) is 23.1 Å². The molecule has 1 saturated heterocycles. The summed E-state index contributed by atoms with van der Waals surface area (Å²) in [5.41, 5.74) is 3.33. The lowest BCUT2D eigenvalue weighted by molar-refractivity contribution is -0.129. The van der Waals surface area contributed by atoms with Gasteiger partial charge in [0.25, 0.3) is 0 Å². The highest BCUT2D eigenvalue weighted by molar-refractivity contribution is 5.88. The summed E-state index contributed by atoms with van der Waals surface area (Å²) in [6, 6.07) is 8.24. The van der Waals surface area contributed by atoms with Crippen LogP contribution in [0.1, 0.15) is 11.1 Å². The monoisotopic (exact) mass is 415 g/mol. The standard InChI is InChI=1S/C22H23F2N3O3/c1-30-22-19(23)11-17(12-20(22)24)26-4-6-27(7-5-26)21(29)13-25-16-3-2-14-9-18(28)10-15(14)8-16/h2-3,8,11-12,25H,4-7,9-10,13H2,1H3. The Labute approximate surface area is 173 Å². The van der Waals surface area contributed by atoms with Crippen LogP contribution in [0.5, 0.6) is 5.75 Å². The number of methoxy groups -OCH3 is 1. The molecule has 1 aliphatic heterocycles. The van der Waals surface area contributed by atoms with Crippen molar-refractivity contribution in [2.45, 2.75) is 12.8 Å². The number of nitrogens with zero attached hydrogens (tertiary/aromatic N) is 2. The van der Waals surface area contributed by atoms with E-state index in [4.69, 9.17) is 4.74 Å². The molecular formula is C22H23F2N3O3. The number of piperazine rings is 1. The van der Waals surface area contributed by atoms with Crippen molar-refractivity contribution >= 4 is 23.1 Å². The zero-order valence-corrected chi connectivity index (χ0v) is 16.7. The van der Waals surface area contributed by atoms with E-state index in [0.29, 0.717) is 44.7 Å². The maximum atomic E-state index is 14.0. The fourth-order valence-corrected chi connectivity index (χ4v) is 3.99. The number of hydrogen-bond donors (Lipinski definition) is 1. The van der Waals surface area contributed by atoms with Crippen molar-refractivity contribution in [1.29, 1.82) is 0 Å². The first kappa shape index (κ1) is 20.1. The van der Waals surface area contributed by atoms with Gasteiger partial charge in [-0.25, -0.2) is 8.78 Å². The third-order valence-corrected chi connectivity index (χ3v) is 5.61. The molecule has 0 bridgehead atoms. The number of ketones is 1. The molecule has 0 unspecified atom stereocenters. The first-order chi connectivity index (χ1) is 14.4. The number of anilines is 2. The van der Waals surface area contributed by atoms with Gasteiger partial charge in [0.1, 0.15) is 5.78 Å². The molecule has 0 aromatic heterocycles. The molecule has 2 aromatic carbocycles. The zero-order chi connectivity index (χ0) is 21.3. The first-order valence-electron chi connectivity index (χ1n) is 9.87. The van der Waals surface area contributed by atoms with E-state index in [1.165, 1.54) is 19.2 Å². The Morgan fingerprint density at radius 1 is 1.03 bits per heavy atom. The van der Waals surface area contributed by atoms with Crippen LogP contribution in [0.25, 0.3) is 0 Å². The number of ether oxygens (including phenoxy) is 1. The number of Topliss-reactive ketones (excluding diaryl/α,β-unsaturated/α-hetero) is 1. The van der Waals surface area contributed by atoms with Gasteiger partial charge in [-0.2, -0.15) is 0 Å². The van der Waals surface area contributed by atoms with Crippen molar-refractivity contribution in [2.24, 2.45) is 0 Å². The Balaban J connectivity index is 1.31. The fourth-order valence-electron chi connectivity index (χ4n) is 3.99. The number of nitrogens with one attached hydrogen (secondary N) is 1. The largest absolute Gasteiger partial charge is 0.491 e. The van der Waals surface area contributed by atoms with Gasteiger partial charge in [-0.1, -0.05) is 6.07 Å². The van der Waals surface area contributed by atoms with E-state index in [1.54, 1.807) is 4.90 Å². The van der Waals surface area contributed by atoms with Crippen molar-refractivity contribution in [3.8, 4) is 5.75 Å². The van der Waals surface area contributed by atoms with Gasteiger partial charge >= 0.3 is 0 Å². The Morgan fingerprint density at radius 3 is 2.37 bits per heavy atom. The average molecular weight is 415 g/mol. The molecule has 1 heterocycles. The third kappa shape index (κ3) is 4.08. The molecule has 1 fully saturated rings. The quantitative estimate of drug-likeness (QED) is 0.813. The Morgan fingerprint density at radius 2 is 1.70 bits per heavy atom. The van der Waals surface area contributed by atoms with Crippen LogP contribution in [0.15, 0.2) is 30.3 Å². The van der Waals surface area contributed by atoms with E-state index >= 15 is 0 Å².